The molecule has 0 aliphatic heterocycles. The zero-order chi connectivity index (χ0) is 20.3. The molecule has 7 nitrogen and oxygen atoms in total. The van der Waals surface area contributed by atoms with Gasteiger partial charge in [0.15, 0.2) is 0 Å². The third kappa shape index (κ3) is 4.23. The van der Waals surface area contributed by atoms with E-state index in [0.29, 0.717) is 18.0 Å². The van der Waals surface area contributed by atoms with Gasteiger partial charge in [0.1, 0.15) is 12.3 Å². The molecule has 1 N–H and O–H groups in total. The summed E-state index contributed by atoms with van der Waals surface area (Å²) in [7, 11) is -2.36. The molecule has 148 valence electrons. The molecule has 3 aromatic rings. The van der Waals surface area contributed by atoms with Crippen molar-refractivity contribution in [3.05, 3.63) is 53.7 Å². The SMILES string of the molecule is CCOC(=O)Cn1ccc2cc(NS(=O)(=O)c3ccc(OC)c(Cl)c3)ccc21. The fourth-order valence-electron chi connectivity index (χ4n) is 2.78. The van der Waals surface area contributed by atoms with Gasteiger partial charge in [-0.15, -0.1) is 0 Å². The summed E-state index contributed by atoms with van der Waals surface area (Å²) < 4.78 is 39.5. The second-order valence-electron chi connectivity index (χ2n) is 5.92. The molecule has 0 bridgehead atoms. The number of carbonyl (C=O) groups is 1. The number of halogens is 1. The van der Waals surface area contributed by atoms with E-state index in [9.17, 15) is 13.2 Å². The van der Waals surface area contributed by atoms with Crippen molar-refractivity contribution in [1.29, 1.82) is 0 Å². The lowest BCUT2D eigenvalue weighted by Gasteiger charge is -2.10. The Morgan fingerprint density at radius 3 is 2.64 bits per heavy atom. The number of aromatic nitrogens is 1. The van der Waals surface area contributed by atoms with Gasteiger partial charge < -0.3 is 14.0 Å². The number of esters is 1. The summed E-state index contributed by atoms with van der Waals surface area (Å²) in [5, 5.41) is 0.995. The first-order valence-corrected chi connectivity index (χ1v) is 10.3. The van der Waals surface area contributed by atoms with Crippen molar-refractivity contribution in [1.82, 2.24) is 4.57 Å². The van der Waals surface area contributed by atoms with Gasteiger partial charge in [-0.05, 0) is 49.4 Å². The van der Waals surface area contributed by atoms with Crippen LogP contribution in [0.25, 0.3) is 10.9 Å². The van der Waals surface area contributed by atoms with Crippen LogP contribution in [0.2, 0.25) is 5.02 Å². The Morgan fingerprint density at radius 2 is 1.96 bits per heavy atom. The third-order valence-electron chi connectivity index (χ3n) is 4.06. The molecule has 0 saturated heterocycles. The fourth-order valence-corrected chi connectivity index (χ4v) is 4.17. The summed E-state index contributed by atoms with van der Waals surface area (Å²) in [5.41, 5.74) is 1.19. The predicted molar refractivity (Wildman–Crippen MR) is 107 cm³/mol. The van der Waals surface area contributed by atoms with Crippen molar-refractivity contribution in [3.8, 4) is 5.75 Å². The van der Waals surface area contributed by atoms with Gasteiger partial charge >= 0.3 is 5.97 Å². The fraction of sp³-hybridized carbons (Fsp3) is 0.211. The van der Waals surface area contributed by atoms with Crippen molar-refractivity contribution in [2.24, 2.45) is 0 Å². The van der Waals surface area contributed by atoms with E-state index in [1.165, 1.54) is 25.3 Å². The van der Waals surface area contributed by atoms with Crippen LogP contribution in [0, 0.1) is 0 Å². The van der Waals surface area contributed by atoms with Gasteiger partial charge in [-0.25, -0.2) is 8.42 Å². The minimum atomic E-state index is -3.82. The largest absolute Gasteiger partial charge is 0.495 e. The maximum absolute atomic E-state index is 12.6. The molecule has 0 aliphatic rings. The van der Waals surface area contributed by atoms with Crippen LogP contribution in [-0.2, 0) is 26.1 Å². The number of sulfonamides is 1. The van der Waals surface area contributed by atoms with Crippen molar-refractivity contribution in [2.75, 3.05) is 18.4 Å². The van der Waals surface area contributed by atoms with Gasteiger partial charge in [-0.1, -0.05) is 11.6 Å². The number of benzene rings is 2. The summed E-state index contributed by atoms with van der Waals surface area (Å²) in [6.07, 6.45) is 1.75. The molecule has 1 aromatic heterocycles. The molecule has 28 heavy (non-hydrogen) atoms. The van der Waals surface area contributed by atoms with Crippen LogP contribution in [0.15, 0.2) is 53.6 Å². The maximum Gasteiger partial charge on any atom is 0.325 e. The highest BCUT2D eigenvalue weighted by Crippen LogP contribution is 2.28. The Balaban J connectivity index is 1.84. The molecule has 0 fully saturated rings. The van der Waals surface area contributed by atoms with Crippen LogP contribution >= 0.6 is 11.6 Å². The Bertz CT molecular complexity index is 1120. The number of nitrogens with one attached hydrogen (secondary N) is 1. The summed E-state index contributed by atoms with van der Waals surface area (Å²) in [5.74, 6) is 0.0612. The predicted octanol–water partition coefficient (Wildman–Crippen LogP) is 3.67. The zero-order valence-corrected chi connectivity index (χ0v) is 16.9. The molecule has 0 saturated carbocycles. The van der Waals surface area contributed by atoms with Crippen LogP contribution in [0.1, 0.15) is 6.92 Å². The molecule has 3 rings (SSSR count). The number of methoxy groups -OCH3 is 1. The van der Waals surface area contributed by atoms with Crippen LogP contribution in [-0.4, -0.2) is 32.7 Å². The second kappa shape index (κ2) is 8.12. The smallest absolute Gasteiger partial charge is 0.325 e. The number of carbonyl (C=O) groups excluding carboxylic acids is 1. The highest BCUT2D eigenvalue weighted by Gasteiger charge is 2.17. The number of hydrogen-bond donors (Lipinski definition) is 1. The van der Waals surface area contributed by atoms with E-state index < -0.39 is 10.0 Å². The molecular weight excluding hydrogens is 404 g/mol. The quantitative estimate of drug-likeness (QED) is 0.587. The van der Waals surface area contributed by atoms with Crippen molar-refractivity contribution < 1.29 is 22.7 Å². The van der Waals surface area contributed by atoms with Crippen molar-refractivity contribution >= 4 is 44.2 Å². The average Bonchev–Trinajstić information content (AvgIpc) is 3.03. The lowest BCUT2D eigenvalue weighted by atomic mass is 10.2. The van der Waals surface area contributed by atoms with E-state index in [4.69, 9.17) is 21.1 Å². The molecule has 0 spiro atoms. The second-order valence-corrected chi connectivity index (χ2v) is 8.01. The molecule has 0 amide bonds. The normalized spacial score (nSPS) is 11.4. The number of ether oxygens (including phenoxy) is 2. The lowest BCUT2D eigenvalue weighted by molar-refractivity contribution is -0.143. The first kappa shape index (κ1) is 20.0. The molecule has 0 unspecified atom stereocenters. The minimum Gasteiger partial charge on any atom is -0.495 e. The maximum atomic E-state index is 12.6. The van der Waals surface area contributed by atoms with Crippen LogP contribution in [0.5, 0.6) is 5.75 Å². The van der Waals surface area contributed by atoms with Crippen molar-refractivity contribution in [3.63, 3.8) is 0 Å². The molecule has 2 aromatic carbocycles. The topological polar surface area (TPSA) is 86.6 Å². The summed E-state index contributed by atoms with van der Waals surface area (Å²) in [4.78, 5) is 11.7. The Morgan fingerprint density at radius 1 is 1.18 bits per heavy atom. The summed E-state index contributed by atoms with van der Waals surface area (Å²) >= 11 is 6.03. The zero-order valence-electron chi connectivity index (χ0n) is 15.3. The number of anilines is 1. The van der Waals surface area contributed by atoms with E-state index in [1.807, 2.05) is 0 Å². The van der Waals surface area contributed by atoms with Crippen LogP contribution in [0.3, 0.4) is 0 Å². The monoisotopic (exact) mass is 422 g/mol. The number of nitrogens with zero attached hydrogens (tertiary/aromatic N) is 1. The molecule has 0 aliphatic carbocycles. The average molecular weight is 423 g/mol. The van der Waals surface area contributed by atoms with Gasteiger partial charge in [0.05, 0.1) is 23.6 Å². The van der Waals surface area contributed by atoms with Gasteiger partial charge in [0, 0.05) is 22.8 Å². The number of hydrogen-bond acceptors (Lipinski definition) is 5. The number of rotatable bonds is 7. The third-order valence-corrected chi connectivity index (χ3v) is 5.74. The standard InChI is InChI=1S/C19H19ClN2O5S/c1-3-27-19(23)12-22-9-8-13-10-14(4-6-17(13)22)21-28(24,25)15-5-7-18(26-2)16(20)11-15/h4-11,21H,3,12H2,1-2H3. The minimum absolute atomic E-state index is 0.0262. The van der Waals surface area contributed by atoms with Crippen molar-refractivity contribution in [2.45, 2.75) is 18.4 Å². The van der Waals surface area contributed by atoms with E-state index in [2.05, 4.69) is 4.72 Å². The lowest BCUT2D eigenvalue weighted by Crippen LogP contribution is -2.13. The Hall–Kier alpha value is -2.71. The highest BCUT2D eigenvalue weighted by molar-refractivity contribution is 7.92. The molecule has 0 radical (unpaired) electrons. The van der Waals surface area contributed by atoms with E-state index >= 15 is 0 Å². The van der Waals surface area contributed by atoms with Gasteiger partial charge in [-0.2, -0.15) is 0 Å². The van der Waals surface area contributed by atoms with E-state index in [0.717, 1.165) is 10.9 Å². The summed E-state index contributed by atoms with van der Waals surface area (Å²) in [6, 6.07) is 11.1. The molecule has 0 atom stereocenters. The van der Waals surface area contributed by atoms with E-state index in [-0.39, 0.29) is 22.4 Å². The molecular formula is C19H19ClN2O5S. The first-order chi connectivity index (χ1) is 13.3. The Kier molecular flexibility index (Phi) is 5.81. The summed E-state index contributed by atoms with van der Waals surface area (Å²) in [6.45, 7) is 2.16. The van der Waals surface area contributed by atoms with Crippen LogP contribution in [0.4, 0.5) is 5.69 Å². The Labute approximate surface area is 167 Å². The van der Waals surface area contributed by atoms with Gasteiger partial charge in [0.25, 0.3) is 10.0 Å². The van der Waals surface area contributed by atoms with Crippen LogP contribution < -0.4 is 9.46 Å². The molecule has 1 heterocycles. The van der Waals surface area contributed by atoms with E-state index in [1.54, 1.807) is 42.0 Å². The van der Waals surface area contributed by atoms with Gasteiger partial charge in [0.2, 0.25) is 0 Å². The number of fused-ring (bicyclic) bond motifs is 1. The highest BCUT2D eigenvalue weighted by atomic mass is 35.5. The molecule has 9 heteroatoms. The van der Waals surface area contributed by atoms with Gasteiger partial charge in [-0.3, -0.25) is 9.52 Å². The first-order valence-electron chi connectivity index (χ1n) is 8.45.